The Hall–Kier alpha value is -2.20. The van der Waals surface area contributed by atoms with Gasteiger partial charge in [-0.1, -0.05) is 20.8 Å². The van der Waals surface area contributed by atoms with Crippen molar-refractivity contribution < 1.29 is 19.0 Å². The van der Waals surface area contributed by atoms with E-state index in [9.17, 15) is 0 Å². The summed E-state index contributed by atoms with van der Waals surface area (Å²) in [4.78, 5) is 0. The largest absolute Gasteiger partial charge is 0.543 e. The molecule has 1 aliphatic heterocycles. The van der Waals surface area contributed by atoms with Crippen molar-refractivity contribution in [3.8, 4) is 17.0 Å². The Balaban J connectivity index is 1.62. The molecular formula is C28H44N4O4Si. The molecule has 1 aromatic carbocycles. The van der Waals surface area contributed by atoms with Gasteiger partial charge >= 0.3 is 0 Å². The van der Waals surface area contributed by atoms with Gasteiger partial charge in [-0.2, -0.15) is 10.2 Å². The van der Waals surface area contributed by atoms with Crippen LogP contribution in [0, 0.1) is 0 Å². The zero-order valence-corrected chi connectivity index (χ0v) is 24.4. The molecule has 3 heterocycles. The number of aliphatic hydroxyl groups is 1. The van der Waals surface area contributed by atoms with Crippen LogP contribution in [0.4, 0.5) is 0 Å². The summed E-state index contributed by atoms with van der Waals surface area (Å²) in [6, 6.07) is 6.35. The van der Waals surface area contributed by atoms with Crippen molar-refractivity contribution in [2.45, 2.75) is 96.8 Å². The summed E-state index contributed by atoms with van der Waals surface area (Å²) in [5.74, 6) is 0.894. The van der Waals surface area contributed by atoms with Gasteiger partial charge in [-0.15, -0.1) is 0 Å². The number of aromatic nitrogens is 4. The molecule has 0 bridgehead atoms. The molecule has 2 aromatic heterocycles. The number of benzene rings is 1. The van der Waals surface area contributed by atoms with Crippen LogP contribution < -0.4 is 4.43 Å². The highest BCUT2D eigenvalue weighted by Crippen LogP contribution is 2.39. The number of hydrogen-bond acceptors (Lipinski definition) is 6. The Morgan fingerprint density at radius 2 is 2.05 bits per heavy atom. The minimum atomic E-state index is -1.98. The molecule has 1 saturated heterocycles. The standard InChI is InChI=1S/C28H44N4O4Si/c1-21(34-17-9-15-33)13-14-31-20-22(19-29-31)27-24-18-23(36-37(5,6)28(2,3)4)11-12-25(24)32(30-27)26-10-7-8-16-35-26/h11-12,18-21,26,33H,7-10,13-17H2,1-6H3/t21-,26?/m0/s1. The van der Waals surface area contributed by atoms with Crippen LogP contribution in [0.15, 0.2) is 30.6 Å². The zero-order chi connectivity index (χ0) is 26.6. The van der Waals surface area contributed by atoms with Crippen LogP contribution in [0.25, 0.3) is 22.2 Å². The topological polar surface area (TPSA) is 83.6 Å². The quantitative estimate of drug-likeness (QED) is 0.237. The van der Waals surface area contributed by atoms with Gasteiger partial charge in [0.05, 0.1) is 17.8 Å². The molecule has 3 aromatic rings. The second kappa shape index (κ2) is 11.7. The molecule has 0 amide bonds. The van der Waals surface area contributed by atoms with Gasteiger partial charge in [-0.05, 0) is 75.4 Å². The fourth-order valence-corrected chi connectivity index (χ4v) is 5.36. The highest BCUT2D eigenvalue weighted by molar-refractivity contribution is 6.74. The van der Waals surface area contributed by atoms with Gasteiger partial charge in [0.25, 0.3) is 0 Å². The molecule has 9 heteroatoms. The maximum Gasteiger partial charge on any atom is 0.250 e. The second-order valence-electron chi connectivity index (χ2n) is 11.7. The minimum Gasteiger partial charge on any atom is -0.543 e. The van der Waals surface area contributed by atoms with Crippen molar-refractivity contribution in [2.75, 3.05) is 19.8 Å². The Bertz CT molecular complexity index is 1160. The average Bonchev–Trinajstić information content (AvgIpc) is 3.47. The maximum atomic E-state index is 8.95. The number of ether oxygens (including phenoxy) is 2. The van der Waals surface area contributed by atoms with E-state index in [0.717, 1.165) is 66.7 Å². The number of aryl methyl sites for hydroxylation is 1. The third kappa shape index (κ3) is 6.63. The summed E-state index contributed by atoms with van der Waals surface area (Å²) >= 11 is 0. The van der Waals surface area contributed by atoms with Crippen LogP contribution in [0.5, 0.6) is 5.75 Å². The Morgan fingerprint density at radius 1 is 1.24 bits per heavy atom. The van der Waals surface area contributed by atoms with Gasteiger partial charge in [0.15, 0.2) is 6.23 Å². The lowest BCUT2D eigenvalue weighted by Crippen LogP contribution is -2.43. The molecule has 1 N–H and O–H groups in total. The number of nitrogens with zero attached hydrogens (tertiary/aromatic N) is 4. The first-order valence-corrected chi connectivity index (χ1v) is 16.6. The average molecular weight is 529 g/mol. The fourth-order valence-electron chi connectivity index (χ4n) is 4.34. The molecular weight excluding hydrogens is 484 g/mol. The smallest absolute Gasteiger partial charge is 0.250 e. The molecule has 204 valence electrons. The highest BCUT2D eigenvalue weighted by Gasteiger charge is 2.39. The summed E-state index contributed by atoms with van der Waals surface area (Å²) in [6.45, 7) is 15.6. The third-order valence-corrected chi connectivity index (χ3v) is 12.0. The van der Waals surface area contributed by atoms with E-state index in [-0.39, 0.29) is 24.0 Å². The van der Waals surface area contributed by atoms with Gasteiger partial charge in [-0.3, -0.25) is 4.68 Å². The van der Waals surface area contributed by atoms with Crippen LogP contribution in [-0.2, 0) is 16.0 Å². The lowest BCUT2D eigenvalue weighted by atomic mass is 10.1. The number of hydrogen-bond donors (Lipinski definition) is 1. The monoisotopic (exact) mass is 528 g/mol. The molecule has 1 unspecified atom stereocenters. The first kappa shape index (κ1) is 27.8. The van der Waals surface area contributed by atoms with Crippen LogP contribution in [-0.4, -0.2) is 58.9 Å². The third-order valence-electron chi connectivity index (χ3n) is 7.66. The molecule has 4 rings (SSSR count). The van der Waals surface area contributed by atoms with Gasteiger partial charge in [-0.25, -0.2) is 4.68 Å². The van der Waals surface area contributed by atoms with E-state index in [0.29, 0.717) is 13.0 Å². The van der Waals surface area contributed by atoms with Crippen molar-refractivity contribution in [3.63, 3.8) is 0 Å². The second-order valence-corrected chi connectivity index (χ2v) is 16.4. The van der Waals surface area contributed by atoms with Gasteiger partial charge in [0.1, 0.15) is 11.4 Å². The van der Waals surface area contributed by atoms with E-state index in [2.05, 4.69) is 70.3 Å². The first-order chi connectivity index (χ1) is 17.6. The van der Waals surface area contributed by atoms with Crippen LogP contribution in [0.3, 0.4) is 0 Å². The van der Waals surface area contributed by atoms with Crippen molar-refractivity contribution in [3.05, 3.63) is 30.6 Å². The van der Waals surface area contributed by atoms with Crippen molar-refractivity contribution in [1.82, 2.24) is 19.6 Å². The van der Waals surface area contributed by atoms with Gasteiger partial charge < -0.3 is 19.0 Å². The molecule has 37 heavy (non-hydrogen) atoms. The minimum absolute atomic E-state index is 0.0517. The summed E-state index contributed by atoms with van der Waals surface area (Å²) in [5, 5.41) is 19.8. The molecule has 0 saturated carbocycles. The van der Waals surface area contributed by atoms with E-state index < -0.39 is 8.32 Å². The van der Waals surface area contributed by atoms with E-state index in [1.807, 2.05) is 15.6 Å². The normalized spacial score (nSPS) is 17.9. The molecule has 8 nitrogen and oxygen atoms in total. The van der Waals surface area contributed by atoms with E-state index in [1.54, 1.807) is 0 Å². The fraction of sp³-hybridized carbons (Fsp3) is 0.643. The highest BCUT2D eigenvalue weighted by atomic mass is 28.4. The predicted octanol–water partition coefficient (Wildman–Crippen LogP) is 6.16. The van der Waals surface area contributed by atoms with Crippen molar-refractivity contribution in [1.29, 1.82) is 0 Å². The lowest BCUT2D eigenvalue weighted by Gasteiger charge is -2.36. The van der Waals surface area contributed by atoms with E-state index in [4.69, 9.17) is 24.1 Å². The summed E-state index contributed by atoms with van der Waals surface area (Å²) in [6.07, 6.45) is 8.74. The molecule has 0 radical (unpaired) electrons. The van der Waals surface area contributed by atoms with Gasteiger partial charge in [0.2, 0.25) is 8.32 Å². The SMILES string of the molecule is C[C@@H](CCn1cc(-c2nn(C3CCCCO3)c3ccc(O[Si](C)(C)C(C)(C)C)cc23)cn1)OCCCO. The van der Waals surface area contributed by atoms with Crippen molar-refractivity contribution >= 4 is 19.2 Å². The Kier molecular flexibility index (Phi) is 8.78. The molecule has 1 fully saturated rings. The Labute approximate surface area is 222 Å². The van der Waals surface area contributed by atoms with Crippen LogP contribution >= 0.6 is 0 Å². The van der Waals surface area contributed by atoms with Crippen LogP contribution in [0.1, 0.15) is 66.0 Å². The number of aliphatic hydroxyl groups excluding tert-OH is 1. The zero-order valence-electron chi connectivity index (χ0n) is 23.4. The summed E-state index contributed by atoms with van der Waals surface area (Å²) in [7, 11) is -1.98. The van der Waals surface area contributed by atoms with Gasteiger partial charge in [0, 0.05) is 43.5 Å². The van der Waals surface area contributed by atoms with Crippen LogP contribution in [0.2, 0.25) is 18.1 Å². The summed E-state index contributed by atoms with van der Waals surface area (Å²) < 4.78 is 22.5. The molecule has 0 spiro atoms. The lowest BCUT2D eigenvalue weighted by molar-refractivity contribution is -0.0365. The number of fused-ring (bicyclic) bond motifs is 1. The van der Waals surface area contributed by atoms with Crippen molar-refractivity contribution in [2.24, 2.45) is 0 Å². The van der Waals surface area contributed by atoms with E-state index in [1.165, 1.54) is 0 Å². The molecule has 1 aliphatic rings. The maximum absolute atomic E-state index is 8.95. The van der Waals surface area contributed by atoms with E-state index >= 15 is 0 Å². The molecule has 2 atom stereocenters. The molecule has 0 aliphatic carbocycles. The predicted molar refractivity (Wildman–Crippen MR) is 149 cm³/mol. The Morgan fingerprint density at radius 3 is 2.76 bits per heavy atom. The number of rotatable bonds is 11. The first-order valence-electron chi connectivity index (χ1n) is 13.7. The summed E-state index contributed by atoms with van der Waals surface area (Å²) in [5.41, 5.74) is 2.95.